The van der Waals surface area contributed by atoms with E-state index in [1.54, 1.807) is 0 Å². The largest absolute Gasteiger partial charge is 0.460 e. The zero-order valence-electron chi connectivity index (χ0n) is 31.2. The van der Waals surface area contributed by atoms with Crippen LogP contribution in [-0.4, -0.2) is 0 Å². The van der Waals surface area contributed by atoms with Crippen LogP contribution >= 0.6 is 11.3 Å². The third-order valence-electron chi connectivity index (χ3n) is 11.4. The number of furan rings is 1. The highest BCUT2D eigenvalue weighted by atomic mass is 32.1. The number of nitrogens with zero attached hydrogens (tertiary/aromatic N) is 1. The molecule has 1 aliphatic carbocycles. The minimum absolute atomic E-state index is 0.802. The maximum absolute atomic E-state index is 6.70. The van der Waals surface area contributed by atoms with Crippen LogP contribution in [0.1, 0.15) is 17.7 Å². The molecule has 2 heterocycles. The molecule has 2 aromatic heterocycles. The minimum Gasteiger partial charge on any atom is -0.460 e. The second-order valence-electron chi connectivity index (χ2n) is 14.7. The molecule has 270 valence electrons. The quantitative estimate of drug-likeness (QED) is 0.161. The van der Waals surface area contributed by atoms with E-state index in [1.165, 1.54) is 81.8 Å². The Morgan fingerprint density at radius 1 is 0.456 bits per heavy atom. The molecular weight excluding hydrogens is 711 g/mol. The van der Waals surface area contributed by atoms with Crippen molar-refractivity contribution >= 4 is 59.9 Å². The van der Waals surface area contributed by atoms with Gasteiger partial charge < -0.3 is 9.32 Å². The van der Waals surface area contributed by atoms with Gasteiger partial charge in [0, 0.05) is 54.4 Å². The molecule has 8 aromatic carbocycles. The van der Waals surface area contributed by atoms with E-state index in [1.807, 2.05) is 11.3 Å². The van der Waals surface area contributed by atoms with Crippen molar-refractivity contribution in [1.82, 2.24) is 0 Å². The van der Waals surface area contributed by atoms with Crippen LogP contribution in [0.4, 0.5) is 11.4 Å². The number of para-hydroxylation sites is 1. The van der Waals surface area contributed by atoms with Gasteiger partial charge in [-0.1, -0.05) is 170 Å². The number of rotatable bonds is 7. The van der Waals surface area contributed by atoms with Gasteiger partial charge in [-0.3, -0.25) is 0 Å². The highest BCUT2D eigenvalue weighted by Crippen LogP contribution is 2.52. The Morgan fingerprint density at radius 3 is 1.72 bits per heavy atom. The lowest BCUT2D eigenvalue weighted by Gasteiger charge is -2.34. The number of thiophene rings is 1. The first-order valence-corrected chi connectivity index (χ1v) is 20.5. The summed E-state index contributed by atoms with van der Waals surface area (Å²) in [6.07, 6.45) is 4.03. The lowest BCUT2D eigenvalue weighted by Crippen LogP contribution is -2.21. The van der Waals surface area contributed by atoms with Gasteiger partial charge in [0.1, 0.15) is 11.3 Å². The van der Waals surface area contributed by atoms with Crippen LogP contribution in [-0.2, 0) is 6.42 Å². The summed E-state index contributed by atoms with van der Waals surface area (Å²) in [5.41, 5.74) is 15.3. The molecule has 0 radical (unpaired) electrons. The smallest absolute Gasteiger partial charge is 0.135 e. The molecule has 0 amide bonds. The normalized spacial score (nSPS) is 12.5. The van der Waals surface area contributed by atoms with Gasteiger partial charge in [-0.05, 0) is 70.1 Å². The van der Waals surface area contributed by atoms with E-state index in [0.29, 0.717) is 0 Å². The number of benzene rings is 8. The lowest BCUT2D eigenvalue weighted by molar-refractivity contribution is 0.542. The van der Waals surface area contributed by atoms with Gasteiger partial charge in [0.2, 0.25) is 0 Å². The molecule has 0 fully saturated rings. The van der Waals surface area contributed by atoms with Crippen LogP contribution in [0, 0.1) is 0 Å². The van der Waals surface area contributed by atoms with Crippen molar-refractivity contribution in [3.8, 4) is 44.5 Å². The summed E-state index contributed by atoms with van der Waals surface area (Å²) in [6.45, 7) is 0. The third-order valence-corrected chi connectivity index (χ3v) is 12.6. The summed E-state index contributed by atoms with van der Waals surface area (Å²) >= 11 is 1.89. The highest BCUT2D eigenvalue weighted by Gasteiger charge is 2.29. The van der Waals surface area contributed by atoms with Gasteiger partial charge in [0.05, 0.1) is 11.4 Å². The van der Waals surface area contributed by atoms with Crippen molar-refractivity contribution in [3.05, 3.63) is 211 Å². The van der Waals surface area contributed by atoms with Crippen molar-refractivity contribution in [2.45, 2.75) is 12.8 Å². The summed E-state index contributed by atoms with van der Waals surface area (Å²) < 4.78 is 9.28. The van der Waals surface area contributed by atoms with E-state index in [0.717, 1.165) is 35.1 Å². The molecule has 0 atom stereocenters. The van der Waals surface area contributed by atoms with Gasteiger partial charge in [-0.2, -0.15) is 0 Å². The molecule has 11 rings (SSSR count). The number of aryl methyl sites for hydroxylation is 1. The SMILES string of the molecule is C1=C(N(c2c(-c3ccccc3)cccc2-c2ccccc2)c2ccc(-c3ccccc3)c3sc4ccccc4c23)CCc2oc3cc(-c4ccccc4)ccc3c21. The number of anilines is 2. The first kappa shape index (κ1) is 33.4. The standard InChI is InChI=1S/C54H37NOS/c1-5-16-36(17-6-1)40-28-30-45-47-35-41(29-33-49(47)56-50(45)34-40)55(53-42(37-18-7-2-8-19-37)25-15-26-43(53)38-20-9-3-10-21-38)48-32-31-44(39-22-11-4-12-23-39)54-52(48)46-24-13-14-27-51(46)57-54/h1-28,30-32,34-35H,29,33H2. The Balaban J connectivity index is 1.22. The summed E-state index contributed by atoms with van der Waals surface area (Å²) in [6, 6.07) is 70.2. The summed E-state index contributed by atoms with van der Waals surface area (Å²) in [4.78, 5) is 2.60. The number of hydrogen-bond acceptors (Lipinski definition) is 3. The van der Waals surface area contributed by atoms with E-state index in [2.05, 4.69) is 205 Å². The molecule has 0 unspecified atom stereocenters. The van der Waals surface area contributed by atoms with Gasteiger partial charge in [0.25, 0.3) is 0 Å². The van der Waals surface area contributed by atoms with Crippen LogP contribution in [0.25, 0.3) is 81.7 Å². The van der Waals surface area contributed by atoms with Crippen LogP contribution in [0.2, 0.25) is 0 Å². The molecule has 0 saturated carbocycles. The molecular formula is C54H37NOS. The van der Waals surface area contributed by atoms with Crippen LogP contribution in [0.15, 0.2) is 204 Å². The molecule has 57 heavy (non-hydrogen) atoms. The van der Waals surface area contributed by atoms with Crippen molar-refractivity contribution in [2.24, 2.45) is 0 Å². The molecule has 2 nitrogen and oxygen atoms in total. The molecule has 0 aliphatic heterocycles. The van der Waals surface area contributed by atoms with E-state index >= 15 is 0 Å². The first-order valence-electron chi connectivity index (χ1n) is 19.6. The average Bonchev–Trinajstić information content (AvgIpc) is 3.86. The Bertz CT molecular complexity index is 3050. The third kappa shape index (κ3) is 5.78. The first-order chi connectivity index (χ1) is 28.3. The average molecular weight is 748 g/mol. The fourth-order valence-electron chi connectivity index (χ4n) is 8.72. The minimum atomic E-state index is 0.802. The number of hydrogen-bond donors (Lipinski definition) is 0. The van der Waals surface area contributed by atoms with E-state index in [-0.39, 0.29) is 0 Å². The molecule has 0 saturated heterocycles. The highest BCUT2D eigenvalue weighted by molar-refractivity contribution is 7.26. The summed E-state index contributed by atoms with van der Waals surface area (Å²) in [5, 5.41) is 3.69. The molecule has 10 aromatic rings. The maximum atomic E-state index is 6.70. The number of allylic oxidation sites excluding steroid dienone is 1. The number of fused-ring (bicyclic) bond motifs is 6. The van der Waals surface area contributed by atoms with Crippen LogP contribution < -0.4 is 4.90 Å². The van der Waals surface area contributed by atoms with Crippen LogP contribution in [0.5, 0.6) is 0 Å². The predicted molar refractivity (Wildman–Crippen MR) is 242 cm³/mol. The van der Waals surface area contributed by atoms with Crippen LogP contribution in [0.3, 0.4) is 0 Å². The summed E-state index contributed by atoms with van der Waals surface area (Å²) in [5.74, 6) is 1.05. The van der Waals surface area contributed by atoms with Gasteiger partial charge in [-0.15, -0.1) is 11.3 Å². The molecule has 0 N–H and O–H groups in total. The Kier molecular flexibility index (Phi) is 8.19. The van der Waals surface area contributed by atoms with Crippen molar-refractivity contribution in [1.29, 1.82) is 0 Å². The van der Waals surface area contributed by atoms with E-state index < -0.39 is 0 Å². The monoisotopic (exact) mass is 747 g/mol. The Morgan fingerprint density at radius 2 is 1.05 bits per heavy atom. The van der Waals surface area contributed by atoms with Crippen molar-refractivity contribution in [3.63, 3.8) is 0 Å². The topological polar surface area (TPSA) is 16.4 Å². The zero-order valence-corrected chi connectivity index (χ0v) is 32.0. The van der Waals surface area contributed by atoms with Crippen molar-refractivity contribution < 1.29 is 4.42 Å². The van der Waals surface area contributed by atoms with Gasteiger partial charge in [-0.25, -0.2) is 0 Å². The molecule has 1 aliphatic rings. The fourth-order valence-corrected chi connectivity index (χ4v) is 9.98. The molecule has 3 heteroatoms. The second-order valence-corrected chi connectivity index (χ2v) is 15.8. The summed E-state index contributed by atoms with van der Waals surface area (Å²) in [7, 11) is 0. The predicted octanol–water partition coefficient (Wildman–Crippen LogP) is 15.6. The second kappa shape index (κ2) is 14.0. The van der Waals surface area contributed by atoms with E-state index in [9.17, 15) is 0 Å². The Labute approximate surface area is 336 Å². The molecule has 0 spiro atoms. The maximum Gasteiger partial charge on any atom is 0.135 e. The fraction of sp³-hybridized carbons (Fsp3) is 0.0370. The lowest BCUT2D eigenvalue weighted by atomic mass is 9.91. The Hall–Kier alpha value is -6.94. The zero-order chi connectivity index (χ0) is 37.7. The van der Waals surface area contributed by atoms with Gasteiger partial charge >= 0.3 is 0 Å². The van der Waals surface area contributed by atoms with E-state index in [4.69, 9.17) is 4.42 Å². The molecule has 0 bridgehead atoms. The van der Waals surface area contributed by atoms with Gasteiger partial charge in [0.15, 0.2) is 0 Å². The van der Waals surface area contributed by atoms with Crippen molar-refractivity contribution in [2.75, 3.05) is 4.90 Å².